The van der Waals surface area contributed by atoms with Crippen molar-refractivity contribution < 1.29 is 9.53 Å². The zero-order chi connectivity index (χ0) is 22.8. The number of hydrogen-bond acceptors (Lipinski definition) is 5. The van der Waals surface area contributed by atoms with Gasteiger partial charge < -0.3 is 15.0 Å². The van der Waals surface area contributed by atoms with Gasteiger partial charge in [-0.15, -0.1) is 0 Å². The molecule has 1 aliphatic carbocycles. The highest BCUT2D eigenvalue weighted by atomic mass is 35.5. The van der Waals surface area contributed by atoms with Crippen molar-refractivity contribution in [1.82, 2.24) is 10.2 Å². The van der Waals surface area contributed by atoms with Crippen LogP contribution in [0.2, 0.25) is 0 Å². The van der Waals surface area contributed by atoms with E-state index in [1.165, 1.54) is 5.56 Å². The molecule has 1 aromatic carbocycles. The minimum Gasteiger partial charge on any atom is -0.379 e. The monoisotopic (exact) mass is 462 g/mol. The molecule has 3 aliphatic heterocycles. The summed E-state index contributed by atoms with van der Waals surface area (Å²) < 4.78 is 5.57. The summed E-state index contributed by atoms with van der Waals surface area (Å²) >= 11 is 6.84. The highest BCUT2D eigenvalue weighted by Gasteiger charge is 2.35. The van der Waals surface area contributed by atoms with Crippen LogP contribution in [-0.2, 0) is 9.53 Å². The van der Waals surface area contributed by atoms with E-state index in [4.69, 9.17) is 26.6 Å². The SMILES string of the molecule is N#Cc1ccc(C2CCN(C(=O)C3=C(Cl)C(C4=NC5CCOCC5N4)=CC=CC3)CC2)cc1. The number of piperidine rings is 1. The van der Waals surface area contributed by atoms with E-state index in [0.717, 1.165) is 37.3 Å². The summed E-state index contributed by atoms with van der Waals surface area (Å²) in [5.41, 5.74) is 3.32. The van der Waals surface area contributed by atoms with E-state index < -0.39 is 0 Å². The van der Waals surface area contributed by atoms with Crippen LogP contribution in [0.25, 0.3) is 0 Å². The number of nitriles is 1. The number of fused-ring (bicyclic) bond motifs is 1. The first kappa shape index (κ1) is 21.9. The zero-order valence-electron chi connectivity index (χ0n) is 18.5. The van der Waals surface area contributed by atoms with Crippen LogP contribution in [0.4, 0.5) is 0 Å². The number of carbonyl (C=O) groups is 1. The first-order valence-electron chi connectivity index (χ1n) is 11.6. The van der Waals surface area contributed by atoms with Crippen molar-refractivity contribution in [1.29, 1.82) is 5.26 Å². The first-order chi connectivity index (χ1) is 16.1. The van der Waals surface area contributed by atoms with Crippen LogP contribution in [0.5, 0.6) is 0 Å². The number of rotatable bonds is 3. The lowest BCUT2D eigenvalue weighted by molar-refractivity contribution is -0.128. The fourth-order valence-corrected chi connectivity index (χ4v) is 5.33. The molecule has 6 nitrogen and oxygen atoms in total. The number of amides is 1. The van der Waals surface area contributed by atoms with Crippen molar-refractivity contribution >= 4 is 23.3 Å². The minimum absolute atomic E-state index is 0.00933. The molecule has 0 radical (unpaired) electrons. The summed E-state index contributed by atoms with van der Waals surface area (Å²) in [6, 6.07) is 10.3. The molecule has 1 amide bonds. The Hall–Kier alpha value is -2.88. The molecule has 7 heteroatoms. The smallest absolute Gasteiger partial charge is 0.251 e. The van der Waals surface area contributed by atoms with Gasteiger partial charge in [0, 0.05) is 30.8 Å². The molecule has 2 unspecified atom stereocenters. The molecule has 1 N–H and O–H groups in total. The van der Waals surface area contributed by atoms with Gasteiger partial charge in [-0.25, -0.2) is 0 Å². The molecule has 0 aromatic heterocycles. The molecule has 0 bridgehead atoms. The van der Waals surface area contributed by atoms with Gasteiger partial charge in [-0.2, -0.15) is 5.26 Å². The number of amidine groups is 1. The van der Waals surface area contributed by atoms with Crippen molar-refractivity contribution in [2.24, 2.45) is 4.99 Å². The van der Waals surface area contributed by atoms with Gasteiger partial charge in [-0.3, -0.25) is 9.79 Å². The lowest BCUT2D eigenvalue weighted by Crippen LogP contribution is -2.42. The molecule has 170 valence electrons. The predicted octanol–water partition coefficient (Wildman–Crippen LogP) is 3.80. The maximum absolute atomic E-state index is 13.5. The summed E-state index contributed by atoms with van der Waals surface area (Å²) in [5.74, 6) is 1.17. The first-order valence-corrected chi connectivity index (χ1v) is 12.0. The molecule has 0 spiro atoms. The van der Waals surface area contributed by atoms with Crippen molar-refractivity contribution in [2.75, 3.05) is 26.3 Å². The van der Waals surface area contributed by atoms with Crippen LogP contribution in [0.3, 0.4) is 0 Å². The second-order valence-corrected chi connectivity index (χ2v) is 9.34. The van der Waals surface area contributed by atoms with Crippen molar-refractivity contribution in [3.8, 4) is 6.07 Å². The highest BCUT2D eigenvalue weighted by Crippen LogP contribution is 2.33. The quantitative estimate of drug-likeness (QED) is 0.741. The van der Waals surface area contributed by atoms with Crippen molar-refractivity contribution in [3.05, 3.63) is 69.8 Å². The molecule has 33 heavy (non-hydrogen) atoms. The Bertz CT molecular complexity index is 1090. The Labute approximate surface area is 199 Å². The molecule has 4 aliphatic rings. The van der Waals surface area contributed by atoms with E-state index in [1.54, 1.807) is 0 Å². The fraction of sp³-hybridized carbons (Fsp3) is 0.423. The standard InChI is InChI=1S/C26H27ClN4O2/c27-24-20(25-29-22-11-14-33-16-23(22)30-25)3-1-2-4-21(24)26(32)31-12-9-19(10-13-31)18-7-5-17(15-28)6-8-18/h1-3,5-8,19,22-23H,4,9-14,16H2,(H,29,30). The van der Waals surface area contributed by atoms with Crippen molar-refractivity contribution in [2.45, 2.75) is 43.7 Å². The molecule has 2 saturated heterocycles. The Balaban J connectivity index is 1.29. The Morgan fingerprint density at radius 1 is 1.21 bits per heavy atom. The van der Waals surface area contributed by atoms with Crippen LogP contribution in [0.15, 0.2) is 63.7 Å². The number of halogens is 1. The molecule has 3 heterocycles. The average Bonchev–Trinajstić information content (AvgIpc) is 3.20. The number of likely N-dealkylation sites (tertiary alicyclic amines) is 1. The molecule has 1 aromatic rings. The van der Waals surface area contributed by atoms with E-state index >= 15 is 0 Å². The van der Waals surface area contributed by atoms with E-state index in [0.29, 0.717) is 48.2 Å². The number of benzene rings is 1. The Morgan fingerprint density at radius 2 is 2.00 bits per heavy atom. The number of nitrogens with zero attached hydrogens (tertiary/aromatic N) is 3. The fourth-order valence-electron chi connectivity index (χ4n) is 5.02. The number of ether oxygens (including phenoxy) is 1. The topological polar surface area (TPSA) is 77.7 Å². The lowest BCUT2D eigenvalue weighted by Gasteiger charge is -2.33. The molecule has 2 atom stereocenters. The third-order valence-corrected chi connectivity index (χ3v) is 7.40. The van der Waals surface area contributed by atoms with Crippen LogP contribution >= 0.6 is 11.6 Å². The van der Waals surface area contributed by atoms with Gasteiger partial charge in [0.1, 0.15) is 5.84 Å². The summed E-state index contributed by atoms with van der Waals surface area (Å²) in [4.78, 5) is 20.2. The number of nitrogens with one attached hydrogen (secondary N) is 1. The van der Waals surface area contributed by atoms with Gasteiger partial charge >= 0.3 is 0 Å². The van der Waals surface area contributed by atoms with Crippen LogP contribution in [0, 0.1) is 11.3 Å². The van der Waals surface area contributed by atoms with Gasteiger partial charge in [-0.05, 0) is 49.3 Å². The number of aliphatic imine (C=N–C) groups is 1. The number of carbonyl (C=O) groups excluding carboxylic acids is 1. The largest absolute Gasteiger partial charge is 0.379 e. The number of allylic oxidation sites excluding steroid dienone is 3. The van der Waals surface area contributed by atoms with Gasteiger partial charge in [0.15, 0.2) is 0 Å². The summed E-state index contributed by atoms with van der Waals surface area (Å²) in [6.45, 7) is 2.76. The zero-order valence-corrected chi connectivity index (χ0v) is 19.2. The van der Waals surface area contributed by atoms with Gasteiger partial charge in [0.2, 0.25) is 0 Å². The lowest BCUT2D eigenvalue weighted by atomic mass is 9.88. The van der Waals surface area contributed by atoms with Gasteiger partial charge in [0.05, 0.1) is 35.4 Å². The highest BCUT2D eigenvalue weighted by molar-refractivity contribution is 6.38. The molecule has 5 rings (SSSR count). The van der Waals surface area contributed by atoms with Crippen molar-refractivity contribution in [3.63, 3.8) is 0 Å². The maximum Gasteiger partial charge on any atom is 0.251 e. The van der Waals surface area contributed by atoms with Crippen LogP contribution < -0.4 is 5.32 Å². The summed E-state index contributed by atoms with van der Waals surface area (Å²) in [5, 5.41) is 12.9. The molecular weight excluding hydrogens is 436 g/mol. The van der Waals surface area contributed by atoms with Crippen LogP contribution in [0.1, 0.15) is 42.7 Å². The summed E-state index contributed by atoms with van der Waals surface area (Å²) in [6.07, 6.45) is 9.10. The van der Waals surface area contributed by atoms with Gasteiger partial charge in [0.25, 0.3) is 5.91 Å². The summed E-state index contributed by atoms with van der Waals surface area (Å²) in [7, 11) is 0. The van der Waals surface area contributed by atoms with E-state index in [1.807, 2.05) is 47.4 Å². The number of hydrogen-bond donors (Lipinski definition) is 1. The average molecular weight is 463 g/mol. The second-order valence-electron chi connectivity index (χ2n) is 8.96. The third-order valence-electron chi connectivity index (χ3n) is 6.97. The normalized spacial score (nSPS) is 25.5. The maximum atomic E-state index is 13.5. The van der Waals surface area contributed by atoms with E-state index in [-0.39, 0.29) is 18.0 Å². The second kappa shape index (κ2) is 9.54. The van der Waals surface area contributed by atoms with Crippen LogP contribution in [-0.4, -0.2) is 55.0 Å². The molecule has 0 saturated carbocycles. The third kappa shape index (κ3) is 4.48. The van der Waals surface area contributed by atoms with E-state index in [9.17, 15) is 4.79 Å². The van der Waals surface area contributed by atoms with Gasteiger partial charge in [-0.1, -0.05) is 42.0 Å². The molecular formula is C26H27ClN4O2. The molecule has 2 fully saturated rings. The Morgan fingerprint density at radius 3 is 2.73 bits per heavy atom. The predicted molar refractivity (Wildman–Crippen MR) is 128 cm³/mol. The minimum atomic E-state index is 0.00933. The Kier molecular flexibility index (Phi) is 6.34. The van der Waals surface area contributed by atoms with E-state index in [2.05, 4.69) is 11.4 Å².